The summed E-state index contributed by atoms with van der Waals surface area (Å²) in [5.41, 5.74) is -0.0323. The Bertz CT molecular complexity index is 470. The third-order valence-electron chi connectivity index (χ3n) is 2.33. The fraction of sp³-hybridized carbons (Fsp3) is 0.455. The van der Waals surface area contributed by atoms with Crippen molar-refractivity contribution >= 4 is 11.5 Å². The van der Waals surface area contributed by atoms with Crippen LogP contribution in [0.1, 0.15) is 18.9 Å². The van der Waals surface area contributed by atoms with E-state index >= 15 is 0 Å². The third kappa shape index (κ3) is 3.68. The first-order valence-electron chi connectivity index (χ1n) is 5.38. The van der Waals surface area contributed by atoms with Gasteiger partial charge < -0.3 is 10.1 Å². The number of methoxy groups -OCH3 is 1. The molecule has 1 unspecified atom stereocenters. The Morgan fingerprint density at radius 2 is 2.44 bits per heavy atom. The highest BCUT2D eigenvalue weighted by Crippen LogP contribution is 2.23. The van der Waals surface area contributed by atoms with Gasteiger partial charge in [-0.15, -0.1) is 0 Å². The topological polar surface area (TPSA) is 101 Å². The zero-order valence-corrected chi connectivity index (χ0v) is 10.2. The van der Waals surface area contributed by atoms with Crippen LogP contribution in [0.2, 0.25) is 0 Å². The predicted octanol–water partition coefficient (Wildman–Crippen LogP) is 1.70. The van der Waals surface area contributed by atoms with Crippen LogP contribution in [-0.4, -0.2) is 29.7 Å². The standard InChI is InChI=1S/C11H14N4O3/c1-8(3-4-18-2)14-11-10(15(16)17)5-9(6-12)7-13-11/h5,7-8H,3-4H2,1-2H3,(H,13,14). The number of rotatable bonds is 6. The van der Waals surface area contributed by atoms with Crippen LogP contribution in [0.15, 0.2) is 12.3 Å². The molecule has 1 N–H and O–H groups in total. The highest BCUT2D eigenvalue weighted by Gasteiger charge is 2.17. The number of pyridine rings is 1. The zero-order valence-electron chi connectivity index (χ0n) is 10.2. The molecule has 1 heterocycles. The van der Waals surface area contributed by atoms with Gasteiger partial charge in [-0.25, -0.2) is 4.98 Å². The molecule has 96 valence electrons. The Hall–Kier alpha value is -2.20. The molecule has 1 atom stereocenters. The van der Waals surface area contributed by atoms with E-state index in [0.29, 0.717) is 13.0 Å². The number of nitro groups is 1. The van der Waals surface area contributed by atoms with E-state index in [-0.39, 0.29) is 23.1 Å². The molecule has 0 radical (unpaired) electrons. The van der Waals surface area contributed by atoms with E-state index in [1.807, 2.05) is 13.0 Å². The lowest BCUT2D eigenvalue weighted by Gasteiger charge is -2.13. The van der Waals surface area contributed by atoms with Crippen LogP contribution in [0.3, 0.4) is 0 Å². The second-order valence-corrected chi connectivity index (χ2v) is 3.79. The molecular formula is C11H14N4O3. The fourth-order valence-corrected chi connectivity index (χ4v) is 1.36. The first kappa shape index (κ1) is 13.9. The lowest BCUT2D eigenvalue weighted by Crippen LogP contribution is -2.18. The molecule has 0 fully saturated rings. The Morgan fingerprint density at radius 1 is 1.72 bits per heavy atom. The molecule has 0 amide bonds. The van der Waals surface area contributed by atoms with Crippen LogP contribution in [0.5, 0.6) is 0 Å². The number of aromatic nitrogens is 1. The molecule has 0 aliphatic rings. The lowest BCUT2D eigenvalue weighted by molar-refractivity contribution is -0.384. The number of ether oxygens (including phenoxy) is 1. The van der Waals surface area contributed by atoms with E-state index < -0.39 is 4.92 Å². The average molecular weight is 250 g/mol. The van der Waals surface area contributed by atoms with E-state index in [4.69, 9.17) is 10.00 Å². The van der Waals surface area contributed by atoms with Gasteiger partial charge in [-0.3, -0.25) is 10.1 Å². The minimum Gasteiger partial charge on any atom is -0.385 e. The number of nitriles is 1. The largest absolute Gasteiger partial charge is 0.385 e. The number of anilines is 1. The number of hydrogen-bond acceptors (Lipinski definition) is 6. The van der Waals surface area contributed by atoms with Gasteiger partial charge in [-0.05, 0) is 13.3 Å². The second kappa shape index (κ2) is 6.51. The Balaban J connectivity index is 2.88. The van der Waals surface area contributed by atoms with Crippen molar-refractivity contribution in [3.8, 4) is 6.07 Å². The molecule has 0 bridgehead atoms. The van der Waals surface area contributed by atoms with Gasteiger partial charge >= 0.3 is 5.69 Å². The predicted molar refractivity (Wildman–Crippen MR) is 65.2 cm³/mol. The van der Waals surface area contributed by atoms with E-state index in [0.717, 1.165) is 0 Å². The molecule has 0 spiro atoms. The Morgan fingerprint density at radius 3 is 3.00 bits per heavy atom. The summed E-state index contributed by atoms with van der Waals surface area (Å²) in [7, 11) is 1.59. The molecule has 0 saturated carbocycles. The summed E-state index contributed by atoms with van der Waals surface area (Å²) in [5.74, 6) is 0.169. The van der Waals surface area contributed by atoms with Crippen molar-refractivity contribution in [2.24, 2.45) is 0 Å². The van der Waals surface area contributed by atoms with Gasteiger partial charge in [0, 0.05) is 32.0 Å². The van der Waals surface area contributed by atoms with Crippen LogP contribution in [0.4, 0.5) is 11.5 Å². The smallest absolute Gasteiger partial charge is 0.312 e. The van der Waals surface area contributed by atoms with Crippen molar-refractivity contribution in [1.82, 2.24) is 4.98 Å². The summed E-state index contributed by atoms with van der Waals surface area (Å²) in [4.78, 5) is 14.2. The quantitative estimate of drug-likeness (QED) is 0.609. The zero-order chi connectivity index (χ0) is 13.5. The van der Waals surface area contributed by atoms with E-state index in [2.05, 4.69) is 10.3 Å². The molecule has 1 rings (SSSR count). The van der Waals surface area contributed by atoms with Crippen molar-refractivity contribution in [2.75, 3.05) is 19.0 Å². The number of nitrogens with one attached hydrogen (secondary N) is 1. The molecule has 0 aromatic carbocycles. The maximum absolute atomic E-state index is 10.9. The van der Waals surface area contributed by atoms with E-state index in [1.165, 1.54) is 12.3 Å². The van der Waals surface area contributed by atoms with Gasteiger partial charge in [-0.2, -0.15) is 5.26 Å². The van der Waals surface area contributed by atoms with Crippen molar-refractivity contribution in [1.29, 1.82) is 5.26 Å². The Kier molecular flexibility index (Phi) is 5.02. The summed E-state index contributed by atoms with van der Waals surface area (Å²) in [6.07, 6.45) is 2.01. The van der Waals surface area contributed by atoms with Gasteiger partial charge in [0.15, 0.2) is 0 Å². The summed E-state index contributed by atoms with van der Waals surface area (Å²) in [6.45, 7) is 2.43. The van der Waals surface area contributed by atoms with Crippen LogP contribution in [0, 0.1) is 21.4 Å². The lowest BCUT2D eigenvalue weighted by atomic mass is 10.2. The minimum absolute atomic E-state index is 0.0101. The normalized spacial score (nSPS) is 11.6. The molecule has 0 aliphatic carbocycles. The Labute approximate surface area is 105 Å². The highest BCUT2D eigenvalue weighted by molar-refractivity contribution is 5.58. The van der Waals surface area contributed by atoms with Gasteiger partial charge in [0.25, 0.3) is 0 Å². The fourth-order valence-electron chi connectivity index (χ4n) is 1.36. The molecule has 7 heteroatoms. The number of hydrogen-bond donors (Lipinski definition) is 1. The van der Waals surface area contributed by atoms with Crippen LogP contribution in [0.25, 0.3) is 0 Å². The van der Waals surface area contributed by atoms with Gasteiger partial charge in [0.1, 0.15) is 6.07 Å². The summed E-state index contributed by atoms with van der Waals surface area (Å²) < 4.78 is 4.93. The summed E-state index contributed by atoms with van der Waals surface area (Å²) >= 11 is 0. The van der Waals surface area contributed by atoms with Crippen LogP contribution < -0.4 is 5.32 Å². The van der Waals surface area contributed by atoms with Crippen molar-refractivity contribution in [3.63, 3.8) is 0 Å². The molecule has 0 aliphatic heterocycles. The van der Waals surface area contributed by atoms with Gasteiger partial charge in [0.2, 0.25) is 5.82 Å². The SMILES string of the molecule is COCCC(C)Nc1ncc(C#N)cc1[N+](=O)[O-]. The maximum atomic E-state index is 10.9. The van der Waals surface area contributed by atoms with E-state index in [9.17, 15) is 10.1 Å². The first-order valence-corrected chi connectivity index (χ1v) is 5.38. The molecule has 1 aromatic heterocycles. The highest BCUT2D eigenvalue weighted by atomic mass is 16.6. The summed E-state index contributed by atoms with van der Waals surface area (Å²) in [5, 5.41) is 22.5. The van der Waals surface area contributed by atoms with Crippen molar-refractivity contribution in [3.05, 3.63) is 27.9 Å². The van der Waals surface area contributed by atoms with Crippen molar-refractivity contribution in [2.45, 2.75) is 19.4 Å². The third-order valence-corrected chi connectivity index (χ3v) is 2.33. The second-order valence-electron chi connectivity index (χ2n) is 3.79. The molecular weight excluding hydrogens is 236 g/mol. The molecule has 7 nitrogen and oxygen atoms in total. The van der Waals surface area contributed by atoms with Crippen molar-refractivity contribution < 1.29 is 9.66 Å². The average Bonchev–Trinajstić information content (AvgIpc) is 2.36. The number of nitrogens with zero attached hydrogens (tertiary/aromatic N) is 3. The van der Waals surface area contributed by atoms with Crippen LogP contribution >= 0.6 is 0 Å². The van der Waals surface area contributed by atoms with Gasteiger partial charge in [0.05, 0.1) is 10.5 Å². The van der Waals surface area contributed by atoms with E-state index in [1.54, 1.807) is 7.11 Å². The van der Waals surface area contributed by atoms with Crippen LogP contribution in [-0.2, 0) is 4.74 Å². The minimum atomic E-state index is -0.556. The first-order chi connectivity index (χ1) is 8.58. The maximum Gasteiger partial charge on any atom is 0.312 e. The molecule has 0 saturated heterocycles. The summed E-state index contributed by atoms with van der Waals surface area (Å²) in [6, 6.07) is 3.02. The molecule has 18 heavy (non-hydrogen) atoms. The van der Waals surface area contributed by atoms with Gasteiger partial charge in [-0.1, -0.05) is 0 Å². The monoisotopic (exact) mass is 250 g/mol. The molecule has 1 aromatic rings.